The number of carbonyl (C=O) groups excluding carboxylic acids is 6. The number of nitrogens with zero attached hydrogens (tertiary/aromatic N) is 2. The molecule has 0 radical (unpaired) electrons. The van der Waals surface area contributed by atoms with E-state index in [0.29, 0.717) is 5.69 Å². The number of nitrogens with one attached hydrogen (secondary N) is 8. The van der Waals surface area contributed by atoms with Crippen molar-refractivity contribution in [3.8, 4) is 0 Å². The lowest BCUT2D eigenvalue weighted by Gasteiger charge is -2.30. The Hall–Kier alpha value is -7.02. The Kier molecular flexibility index (Phi) is 16.4. The van der Waals surface area contributed by atoms with Crippen molar-refractivity contribution in [3.63, 3.8) is 0 Å². The van der Waals surface area contributed by atoms with Gasteiger partial charge >= 0.3 is 0 Å². The highest BCUT2D eigenvalue weighted by Gasteiger charge is 2.35. The van der Waals surface area contributed by atoms with Crippen LogP contribution >= 0.6 is 0 Å². The first-order valence-electron chi connectivity index (χ1n) is 21.3. The third kappa shape index (κ3) is 13.2. The molecule has 3 heterocycles. The number of nitrogens with two attached hydrogens (primary N) is 3. The van der Waals surface area contributed by atoms with E-state index in [-0.39, 0.29) is 56.3 Å². The SMILES string of the molecule is CC(C)[C@H](NC(=O)[C@H](Cc1c[nH]c2ccccc12)NC(=O)CNC(=O)[C@H](CCCN=C(N)N)NC(=O)[C@H](Cc1c[nH]c2ccccc12)NC(=O)[C@@H](N)Cc1cnc[nH]1)C(=O)C(C)(C)C. The normalized spacial score (nSPS) is 13.9. The van der Waals surface area contributed by atoms with Gasteiger partial charge in [-0.3, -0.25) is 33.8 Å². The Morgan fingerprint density at radius 1 is 0.719 bits per heavy atom. The van der Waals surface area contributed by atoms with Crippen LogP contribution in [-0.2, 0) is 48.0 Å². The van der Waals surface area contributed by atoms with E-state index in [9.17, 15) is 28.8 Å². The Morgan fingerprint density at radius 2 is 1.28 bits per heavy atom. The summed E-state index contributed by atoms with van der Waals surface area (Å²) in [5.41, 5.74) is 20.3. The lowest BCUT2D eigenvalue weighted by atomic mass is 9.82. The molecule has 0 bridgehead atoms. The number of benzene rings is 2. The highest BCUT2D eigenvalue weighted by atomic mass is 16.2. The number of ketones is 1. The van der Waals surface area contributed by atoms with E-state index >= 15 is 0 Å². The number of carbonyl (C=O) groups is 6. The minimum absolute atomic E-state index is 0.0437. The third-order valence-corrected chi connectivity index (χ3v) is 10.8. The van der Waals surface area contributed by atoms with Crippen molar-refractivity contribution < 1.29 is 28.8 Å². The fraction of sp³-hybridized carbons (Fsp3) is 0.422. The van der Waals surface area contributed by atoms with Gasteiger partial charge in [0.2, 0.25) is 29.5 Å². The van der Waals surface area contributed by atoms with Gasteiger partial charge in [-0.2, -0.15) is 0 Å². The van der Waals surface area contributed by atoms with Gasteiger partial charge in [0.05, 0.1) is 25.0 Å². The maximum absolute atomic E-state index is 14.2. The second-order valence-electron chi connectivity index (χ2n) is 17.3. The van der Waals surface area contributed by atoms with Crippen molar-refractivity contribution in [2.75, 3.05) is 13.1 Å². The monoisotopic (exact) mass is 879 g/mol. The standard InChI is InChI=1S/C45H61N13O6/c1-25(2)38(39(60)45(3,4)5)58-43(64)35(17-26-20-51-32-13-8-6-11-29(26)32)55-37(59)23-53-41(62)34(15-10-16-50-44(47)48)56-42(63)36(18-27-21-52-33-14-9-7-12-30(27)33)57-40(61)31(46)19-28-22-49-24-54-28/h6-9,11-14,20-22,24-25,31,34-36,38,51-52H,10,15-19,23,46H2,1-5H3,(H,49,54)(H,53,62)(H,55,59)(H,56,63)(H,57,61)(H,58,64)(H4,47,48,50)/t31-,34-,35-,36-,38-/m0/s1. The van der Waals surface area contributed by atoms with E-state index in [0.717, 1.165) is 32.9 Å². The van der Waals surface area contributed by atoms with Gasteiger partial charge in [0.25, 0.3) is 0 Å². The van der Waals surface area contributed by atoms with Crippen LogP contribution in [0.25, 0.3) is 21.8 Å². The van der Waals surface area contributed by atoms with Gasteiger partial charge in [0.15, 0.2) is 11.7 Å². The summed E-state index contributed by atoms with van der Waals surface area (Å²) in [5, 5.41) is 15.5. The number of hydrogen-bond acceptors (Lipinski definition) is 9. The fourth-order valence-electron chi connectivity index (χ4n) is 7.30. The average molecular weight is 880 g/mol. The number of para-hydroxylation sites is 2. The highest BCUT2D eigenvalue weighted by Crippen LogP contribution is 2.23. The van der Waals surface area contributed by atoms with Crippen LogP contribution in [0.2, 0.25) is 0 Å². The average Bonchev–Trinajstić information content (AvgIpc) is 4.02. The number of guanidine groups is 1. The molecule has 0 aliphatic rings. The number of H-pyrrole nitrogens is 3. The quantitative estimate of drug-likeness (QED) is 0.0267. The van der Waals surface area contributed by atoms with Crippen LogP contribution in [0.15, 0.2) is 78.4 Å². The van der Waals surface area contributed by atoms with Gasteiger partial charge in [-0.15, -0.1) is 0 Å². The summed E-state index contributed by atoms with van der Waals surface area (Å²) in [6.07, 6.45) is 7.07. The molecule has 0 aliphatic heterocycles. The Labute approximate surface area is 371 Å². The van der Waals surface area contributed by atoms with E-state index in [1.807, 2.05) is 62.4 Å². The van der Waals surface area contributed by atoms with Crippen LogP contribution in [0, 0.1) is 11.3 Å². The van der Waals surface area contributed by atoms with E-state index in [2.05, 4.69) is 51.5 Å². The summed E-state index contributed by atoms with van der Waals surface area (Å²) in [6.45, 7) is 8.58. The lowest BCUT2D eigenvalue weighted by molar-refractivity contribution is -0.135. The third-order valence-electron chi connectivity index (χ3n) is 10.8. The molecule has 0 fully saturated rings. The fourth-order valence-corrected chi connectivity index (χ4v) is 7.30. The first kappa shape index (κ1) is 48.0. The number of Topliss-reactive ketones (excluding diaryl/α,β-unsaturated/α-hetero) is 1. The minimum Gasteiger partial charge on any atom is -0.370 e. The molecule has 3 aromatic heterocycles. The smallest absolute Gasteiger partial charge is 0.243 e. The molecular weight excluding hydrogens is 819 g/mol. The molecule has 2 aromatic carbocycles. The molecule has 0 saturated heterocycles. The Balaban J connectivity index is 1.33. The van der Waals surface area contributed by atoms with Gasteiger partial charge in [-0.1, -0.05) is 71.0 Å². The molecule has 0 spiro atoms. The van der Waals surface area contributed by atoms with Crippen molar-refractivity contribution in [3.05, 3.63) is 90.3 Å². The van der Waals surface area contributed by atoms with Crippen molar-refractivity contribution in [1.29, 1.82) is 0 Å². The van der Waals surface area contributed by atoms with Gasteiger partial charge in [-0.05, 0) is 42.0 Å². The number of aromatic nitrogens is 4. The molecule has 5 rings (SSSR count). The summed E-state index contributed by atoms with van der Waals surface area (Å²) in [7, 11) is 0. The zero-order chi connectivity index (χ0) is 46.6. The first-order valence-corrected chi connectivity index (χ1v) is 21.3. The van der Waals surface area contributed by atoms with Gasteiger partial charge in [-0.25, -0.2) is 4.98 Å². The van der Waals surface area contributed by atoms with Crippen molar-refractivity contribution in [1.82, 2.24) is 46.5 Å². The molecule has 19 nitrogen and oxygen atoms in total. The number of rotatable bonds is 22. The highest BCUT2D eigenvalue weighted by molar-refractivity contribution is 5.97. The van der Waals surface area contributed by atoms with E-state index < -0.39 is 71.7 Å². The summed E-state index contributed by atoms with van der Waals surface area (Å²) < 4.78 is 0. The van der Waals surface area contributed by atoms with Crippen molar-refractivity contribution in [2.24, 2.45) is 33.5 Å². The number of aromatic amines is 3. The summed E-state index contributed by atoms with van der Waals surface area (Å²) >= 11 is 0. The first-order chi connectivity index (χ1) is 30.4. The summed E-state index contributed by atoms with van der Waals surface area (Å²) in [5.74, 6) is -3.82. The van der Waals surface area contributed by atoms with Crippen LogP contribution < -0.4 is 43.8 Å². The molecule has 64 heavy (non-hydrogen) atoms. The topological polar surface area (TPSA) is 313 Å². The lowest BCUT2D eigenvalue weighted by Crippen LogP contribution is -2.58. The van der Waals surface area contributed by atoms with E-state index in [1.54, 1.807) is 39.4 Å². The van der Waals surface area contributed by atoms with Crippen LogP contribution in [0.4, 0.5) is 0 Å². The summed E-state index contributed by atoms with van der Waals surface area (Å²) in [6, 6.07) is 9.62. The second-order valence-corrected chi connectivity index (χ2v) is 17.3. The molecule has 0 unspecified atom stereocenters. The number of hydrogen-bond donors (Lipinski definition) is 11. The van der Waals surface area contributed by atoms with E-state index in [4.69, 9.17) is 17.2 Å². The summed E-state index contributed by atoms with van der Waals surface area (Å²) in [4.78, 5) is 99.8. The number of imidazole rings is 1. The van der Waals surface area contributed by atoms with Crippen LogP contribution in [0.1, 0.15) is 64.3 Å². The molecule has 0 saturated carbocycles. The van der Waals surface area contributed by atoms with Crippen molar-refractivity contribution >= 4 is 63.1 Å². The Morgan fingerprint density at radius 3 is 1.83 bits per heavy atom. The van der Waals surface area contributed by atoms with E-state index in [1.165, 1.54) is 6.33 Å². The number of amides is 5. The Bertz CT molecular complexity index is 2430. The molecule has 0 aliphatic carbocycles. The largest absolute Gasteiger partial charge is 0.370 e. The molecule has 5 aromatic rings. The van der Waals surface area contributed by atoms with Gasteiger partial charge in [0, 0.05) is 77.3 Å². The molecule has 342 valence electrons. The maximum atomic E-state index is 14.2. The van der Waals surface area contributed by atoms with Gasteiger partial charge < -0.3 is 58.7 Å². The number of fused-ring (bicyclic) bond motifs is 2. The van der Waals surface area contributed by atoms with Crippen LogP contribution in [-0.4, -0.2) is 105 Å². The molecule has 5 atom stereocenters. The van der Waals surface area contributed by atoms with Crippen molar-refractivity contribution in [2.45, 2.75) is 96.9 Å². The van der Waals surface area contributed by atoms with Gasteiger partial charge in [0.1, 0.15) is 18.1 Å². The predicted molar refractivity (Wildman–Crippen MR) is 244 cm³/mol. The minimum atomic E-state index is -1.21. The second kappa shape index (κ2) is 21.9. The molecule has 14 N–H and O–H groups in total. The zero-order valence-corrected chi connectivity index (χ0v) is 36.9. The molecule has 19 heteroatoms. The number of aliphatic imine (C=N–C) groups is 1. The molecule has 5 amide bonds. The van der Waals surface area contributed by atoms with Crippen LogP contribution in [0.3, 0.4) is 0 Å². The predicted octanol–water partition coefficient (Wildman–Crippen LogP) is 1.11. The molecular formula is C45H61N13O6. The van der Waals surface area contributed by atoms with Crippen LogP contribution in [0.5, 0.6) is 0 Å². The maximum Gasteiger partial charge on any atom is 0.243 e. The zero-order valence-electron chi connectivity index (χ0n) is 36.9.